The van der Waals surface area contributed by atoms with Crippen molar-refractivity contribution in [3.63, 3.8) is 0 Å². The molecule has 3 rings (SSSR count). The predicted octanol–water partition coefficient (Wildman–Crippen LogP) is 5.10. The largest absolute Gasteiger partial charge is 0.492 e. The Bertz CT molecular complexity index is 1180. The van der Waals surface area contributed by atoms with Crippen LogP contribution < -0.4 is 14.8 Å². The second-order valence-electron chi connectivity index (χ2n) is 6.50. The van der Waals surface area contributed by atoms with E-state index in [2.05, 4.69) is 10.0 Å². The van der Waals surface area contributed by atoms with Crippen LogP contribution in [-0.2, 0) is 10.0 Å². The molecule has 0 atom stereocenters. The molecule has 0 aliphatic heterocycles. The van der Waals surface area contributed by atoms with E-state index in [1.807, 2.05) is 19.9 Å². The molecule has 0 spiro atoms. The first-order chi connectivity index (χ1) is 14.3. The Labute approximate surface area is 180 Å². The molecule has 0 aliphatic rings. The minimum atomic E-state index is -3.99. The van der Waals surface area contributed by atoms with E-state index in [0.717, 1.165) is 5.56 Å². The van der Waals surface area contributed by atoms with Gasteiger partial charge in [-0.2, -0.15) is 0 Å². The average molecular weight is 445 g/mol. The fourth-order valence-corrected chi connectivity index (χ4v) is 4.39. The summed E-state index contributed by atoms with van der Waals surface area (Å²) in [5, 5.41) is 2.76. The summed E-state index contributed by atoms with van der Waals surface area (Å²) in [7, 11) is -3.99. The number of ether oxygens (including phenoxy) is 1. The van der Waals surface area contributed by atoms with Crippen LogP contribution in [0.4, 0.5) is 11.4 Å². The molecule has 0 heterocycles. The van der Waals surface area contributed by atoms with Gasteiger partial charge >= 0.3 is 0 Å². The lowest BCUT2D eigenvalue weighted by Gasteiger charge is -2.13. The van der Waals surface area contributed by atoms with Gasteiger partial charge in [-0.15, -0.1) is 0 Å². The van der Waals surface area contributed by atoms with E-state index in [-0.39, 0.29) is 15.5 Å². The number of halogens is 1. The van der Waals surface area contributed by atoms with Crippen LogP contribution in [0.15, 0.2) is 71.6 Å². The summed E-state index contributed by atoms with van der Waals surface area (Å²) in [6.45, 7) is 4.15. The van der Waals surface area contributed by atoms with Crippen LogP contribution in [0.1, 0.15) is 22.8 Å². The topological polar surface area (TPSA) is 84.5 Å². The van der Waals surface area contributed by atoms with Crippen molar-refractivity contribution in [3.8, 4) is 5.75 Å². The van der Waals surface area contributed by atoms with E-state index in [9.17, 15) is 13.2 Å². The van der Waals surface area contributed by atoms with Crippen molar-refractivity contribution in [2.75, 3.05) is 16.6 Å². The zero-order valence-electron chi connectivity index (χ0n) is 16.5. The highest BCUT2D eigenvalue weighted by Crippen LogP contribution is 2.27. The zero-order chi connectivity index (χ0) is 21.7. The molecular formula is C22H21ClN2O4S. The maximum atomic E-state index is 12.9. The van der Waals surface area contributed by atoms with Gasteiger partial charge in [-0.3, -0.25) is 9.52 Å². The van der Waals surface area contributed by atoms with Gasteiger partial charge in [0.25, 0.3) is 15.9 Å². The first-order valence-electron chi connectivity index (χ1n) is 9.22. The van der Waals surface area contributed by atoms with E-state index >= 15 is 0 Å². The molecular weight excluding hydrogens is 424 g/mol. The Hall–Kier alpha value is -3.03. The Morgan fingerprint density at radius 3 is 2.53 bits per heavy atom. The number of hydrogen-bond acceptors (Lipinski definition) is 4. The van der Waals surface area contributed by atoms with Crippen LogP contribution in [0.2, 0.25) is 5.02 Å². The SMILES string of the molecule is CCOc1ccccc1NC(=O)c1ccc(Cl)c(S(=O)(=O)Nc2cccc(C)c2)c1. The minimum Gasteiger partial charge on any atom is -0.492 e. The van der Waals surface area contributed by atoms with Gasteiger partial charge in [-0.05, 0) is 61.9 Å². The fourth-order valence-electron chi connectivity index (χ4n) is 2.81. The fraction of sp³-hybridized carbons (Fsp3) is 0.136. The summed E-state index contributed by atoms with van der Waals surface area (Å²) in [6, 6.07) is 18.0. The van der Waals surface area contributed by atoms with Gasteiger partial charge in [0.2, 0.25) is 0 Å². The molecule has 156 valence electrons. The maximum Gasteiger partial charge on any atom is 0.263 e. The Kier molecular flexibility index (Phi) is 6.64. The van der Waals surface area contributed by atoms with Crippen LogP contribution in [0, 0.1) is 6.92 Å². The number of amides is 1. The standard InChI is InChI=1S/C22H21ClN2O4S/c1-3-29-20-10-5-4-9-19(20)24-22(26)16-11-12-18(23)21(14-16)30(27,28)25-17-8-6-7-15(2)13-17/h4-14,25H,3H2,1-2H3,(H,24,26). The van der Waals surface area contributed by atoms with E-state index in [4.69, 9.17) is 16.3 Å². The molecule has 6 nitrogen and oxygen atoms in total. The lowest BCUT2D eigenvalue weighted by atomic mass is 10.2. The van der Waals surface area contributed by atoms with Crippen molar-refractivity contribution < 1.29 is 17.9 Å². The van der Waals surface area contributed by atoms with Gasteiger partial charge in [-0.1, -0.05) is 35.9 Å². The number of carbonyl (C=O) groups is 1. The summed E-state index contributed by atoms with van der Waals surface area (Å²) in [5.74, 6) is 0.0436. The molecule has 30 heavy (non-hydrogen) atoms. The van der Waals surface area contributed by atoms with E-state index in [1.165, 1.54) is 18.2 Å². The number of carbonyl (C=O) groups excluding carboxylic acids is 1. The van der Waals surface area contributed by atoms with E-state index < -0.39 is 15.9 Å². The van der Waals surface area contributed by atoms with Crippen LogP contribution >= 0.6 is 11.6 Å². The molecule has 0 unspecified atom stereocenters. The number of rotatable bonds is 7. The van der Waals surface area contributed by atoms with Crippen molar-refractivity contribution in [3.05, 3.63) is 82.9 Å². The molecule has 2 N–H and O–H groups in total. The third-order valence-electron chi connectivity index (χ3n) is 4.19. The lowest BCUT2D eigenvalue weighted by Crippen LogP contribution is -2.17. The number of benzene rings is 3. The number of anilines is 2. The van der Waals surface area contributed by atoms with Crippen molar-refractivity contribution in [1.82, 2.24) is 0 Å². The number of nitrogens with one attached hydrogen (secondary N) is 2. The normalized spacial score (nSPS) is 11.0. The molecule has 0 aromatic heterocycles. The van der Waals surface area contributed by atoms with Crippen molar-refractivity contribution in [2.24, 2.45) is 0 Å². The molecule has 3 aromatic carbocycles. The molecule has 0 fully saturated rings. The van der Waals surface area contributed by atoms with Gasteiger partial charge < -0.3 is 10.1 Å². The van der Waals surface area contributed by atoms with Gasteiger partial charge in [0, 0.05) is 11.3 Å². The van der Waals surface area contributed by atoms with Crippen molar-refractivity contribution >= 4 is 38.9 Å². The molecule has 8 heteroatoms. The molecule has 0 radical (unpaired) electrons. The highest BCUT2D eigenvalue weighted by molar-refractivity contribution is 7.92. The second kappa shape index (κ2) is 9.19. The maximum absolute atomic E-state index is 12.9. The van der Waals surface area contributed by atoms with Crippen LogP contribution in [-0.4, -0.2) is 20.9 Å². The van der Waals surface area contributed by atoms with Crippen LogP contribution in [0.5, 0.6) is 5.75 Å². The van der Waals surface area contributed by atoms with Crippen LogP contribution in [0.25, 0.3) is 0 Å². The average Bonchev–Trinajstić information content (AvgIpc) is 2.69. The number of hydrogen-bond donors (Lipinski definition) is 2. The van der Waals surface area contributed by atoms with Gasteiger partial charge in [-0.25, -0.2) is 8.42 Å². The van der Waals surface area contributed by atoms with Gasteiger partial charge in [0.1, 0.15) is 10.6 Å². The number of para-hydroxylation sites is 2. The predicted molar refractivity (Wildman–Crippen MR) is 119 cm³/mol. The smallest absolute Gasteiger partial charge is 0.263 e. The number of aryl methyl sites for hydroxylation is 1. The first-order valence-corrected chi connectivity index (χ1v) is 11.1. The molecule has 1 amide bonds. The quantitative estimate of drug-likeness (QED) is 0.531. The summed E-state index contributed by atoms with van der Waals surface area (Å²) < 4.78 is 33.7. The van der Waals surface area contributed by atoms with Crippen molar-refractivity contribution in [1.29, 1.82) is 0 Å². The molecule has 0 saturated heterocycles. The first kappa shape index (κ1) is 21.7. The minimum absolute atomic E-state index is 0.0152. The summed E-state index contributed by atoms with van der Waals surface area (Å²) in [4.78, 5) is 12.6. The molecule has 3 aromatic rings. The third kappa shape index (κ3) is 5.11. The second-order valence-corrected chi connectivity index (χ2v) is 8.56. The highest BCUT2D eigenvalue weighted by Gasteiger charge is 2.21. The lowest BCUT2D eigenvalue weighted by molar-refractivity contribution is 0.102. The van der Waals surface area contributed by atoms with Crippen molar-refractivity contribution in [2.45, 2.75) is 18.7 Å². The van der Waals surface area contributed by atoms with Gasteiger partial charge in [0.15, 0.2) is 0 Å². The summed E-state index contributed by atoms with van der Waals surface area (Å²) in [6.07, 6.45) is 0. The monoisotopic (exact) mass is 444 g/mol. The Balaban J connectivity index is 1.88. The van der Waals surface area contributed by atoms with Crippen LogP contribution in [0.3, 0.4) is 0 Å². The van der Waals surface area contributed by atoms with Gasteiger partial charge in [0.05, 0.1) is 17.3 Å². The highest BCUT2D eigenvalue weighted by atomic mass is 35.5. The van der Waals surface area contributed by atoms with E-state index in [0.29, 0.717) is 23.7 Å². The third-order valence-corrected chi connectivity index (χ3v) is 6.05. The summed E-state index contributed by atoms with van der Waals surface area (Å²) >= 11 is 6.14. The Morgan fingerprint density at radius 2 is 1.80 bits per heavy atom. The number of sulfonamides is 1. The summed E-state index contributed by atoms with van der Waals surface area (Å²) in [5.41, 5.74) is 1.95. The molecule has 0 saturated carbocycles. The zero-order valence-corrected chi connectivity index (χ0v) is 18.0. The molecule has 0 aliphatic carbocycles. The Morgan fingerprint density at radius 1 is 1.03 bits per heavy atom. The van der Waals surface area contributed by atoms with E-state index in [1.54, 1.807) is 42.5 Å². The molecule has 0 bridgehead atoms.